The maximum absolute atomic E-state index is 5.47. The maximum atomic E-state index is 5.47. The molecule has 0 atom stereocenters. The van der Waals surface area contributed by atoms with Crippen molar-refractivity contribution in [3.63, 3.8) is 0 Å². The zero-order valence-corrected chi connectivity index (χ0v) is 14.1. The molecule has 1 N–H and O–H groups in total. The van der Waals surface area contributed by atoms with Gasteiger partial charge in [0.25, 0.3) is 0 Å². The first-order chi connectivity index (χ1) is 11.4. The van der Waals surface area contributed by atoms with E-state index >= 15 is 0 Å². The summed E-state index contributed by atoms with van der Waals surface area (Å²) < 4.78 is 5.47. The number of anilines is 2. The molecule has 0 saturated carbocycles. The molecule has 2 aliphatic heterocycles. The smallest absolute Gasteiger partial charge is 0.198 e. The van der Waals surface area contributed by atoms with Crippen molar-refractivity contribution >= 4 is 17.3 Å². The lowest BCUT2D eigenvalue weighted by molar-refractivity contribution is 0.123. The van der Waals surface area contributed by atoms with Crippen LogP contribution in [0.15, 0.2) is 29.3 Å². The average Bonchev–Trinajstić information content (AvgIpc) is 3.04. The Labute approximate surface area is 139 Å². The number of hydrogen-bond acceptors (Lipinski definition) is 5. The number of nitrogens with zero attached hydrogens (tertiary/aromatic N) is 3. The Morgan fingerprint density at radius 1 is 1.13 bits per heavy atom. The number of hydrogen-bond donors (Lipinski definition) is 1. The van der Waals surface area contributed by atoms with Gasteiger partial charge in [0.05, 0.1) is 31.1 Å². The first kappa shape index (κ1) is 16.1. The highest BCUT2D eigenvalue weighted by Crippen LogP contribution is 2.27. The lowest BCUT2D eigenvalue weighted by Crippen LogP contribution is -2.38. The third-order valence-corrected chi connectivity index (χ3v) is 4.46. The highest BCUT2D eigenvalue weighted by atomic mass is 16.5. The standard InChI is InChI=1S/C18H28N4O/c1-2-3-6-10-22-11-9-19-18(22)20-16-7-4-5-8-17(16)21-12-14-23-15-13-21/h4-5,7-8H,2-3,6,9-15H2,1H3,(H,19,20). The fourth-order valence-corrected chi connectivity index (χ4v) is 3.15. The van der Waals surface area contributed by atoms with Crippen LogP contribution in [-0.2, 0) is 4.74 Å². The molecule has 0 bridgehead atoms. The van der Waals surface area contributed by atoms with Crippen molar-refractivity contribution in [3.05, 3.63) is 24.3 Å². The van der Waals surface area contributed by atoms with E-state index in [0.29, 0.717) is 0 Å². The van der Waals surface area contributed by atoms with E-state index in [1.165, 1.54) is 24.9 Å². The van der Waals surface area contributed by atoms with Crippen LogP contribution in [0.4, 0.5) is 11.4 Å². The van der Waals surface area contributed by atoms with Gasteiger partial charge in [-0.25, -0.2) is 0 Å². The molecule has 0 amide bonds. The molecule has 0 aromatic heterocycles. The van der Waals surface area contributed by atoms with E-state index in [4.69, 9.17) is 4.74 Å². The van der Waals surface area contributed by atoms with Crippen LogP contribution in [0, 0.1) is 0 Å². The summed E-state index contributed by atoms with van der Waals surface area (Å²) in [6, 6.07) is 8.52. The van der Waals surface area contributed by atoms with Crippen molar-refractivity contribution in [2.45, 2.75) is 26.2 Å². The SMILES string of the molecule is CCCCCN1CCN=C1Nc1ccccc1N1CCOCC1. The zero-order chi connectivity index (χ0) is 15.9. The van der Waals surface area contributed by atoms with Crippen LogP contribution in [-0.4, -0.2) is 56.8 Å². The molecule has 3 rings (SSSR count). The van der Waals surface area contributed by atoms with Crippen molar-refractivity contribution in [3.8, 4) is 0 Å². The minimum atomic E-state index is 0.804. The highest BCUT2D eigenvalue weighted by molar-refractivity contribution is 5.97. The Bertz CT molecular complexity index is 526. The van der Waals surface area contributed by atoms with Crippen molar-refractivity contribution in [2.75, 3.05) is 56.2 Å². The number of rotatable bonds is 6. The van der Waals surface area contributed by atoms with Crippen molar-refractivity contribution in [2.24, 2.45) is 4.99 Å². The molecular weight excluding hydrogens is 288 g/mol. The maximum Gasteiger partial charge on any atom is 0.198 e. The molecule has 0 unspecified atom stereocenters. The number of ether oxygens (including phenoxy) is 1. The Morgan fingerprint density at radius 3 is 2.78 bits per heavy atom. The van der Waals surface area contributed by atoms with Crippen molar-refractivity contribution < 1.29 is 4.74 Å². The summed E-state index contributed by atoms with van der Waals surface area (Å²) in [7, 11) is 0. The number of morpholine rings is 1. The van der Waals surface area contributed by atoms with Crippen LogP contribution in [0.2, 0.25) is 0 Å². The van der Waals surface area contributed by atoms with Gasteiger partial charge in [-0.2, -0.15) is 0 Å². The molecule has 0 spiro atoms. The Balaban J connectivity index is 1.67. The normalized spacial score (nSPS) is 18.2. The third kappa shape index (κ3) is 4.16. The topological polar surface area (TPSA) is 40.1 Å². The lowest BCUT2D eigenvalue weighted by Gasteiger charge is -2.31. The van der Waals surface area contributed by atoms with Gasteiger partial charge in [0.2, 0.25) is 0 Å². The summed E-state index contributed by atoms with van der Waals surface area (Å²) in [5, 5.41) is 3.58. The number of guanidine groups is 1. The van der Waals surface area contributed by atoms with Gasteiger partial charge >= 0.3 is 0 Å². The molecule has 1 aromatic carbocycles. The molecule has 2 heterocycles. The fraction of sp³-hybridized carbons (Fsp3) is 0.611. The minimum absolute atomic E-state index is 0.804. The molecule has 0 radical (unpaired) electrons. The van der Waals surface area contributed by atoms with Crippen molar-refractivity contribution in [1.29, 1.82) is 0 Å². The number of benzene rings is 1. The predicted octanol–water partition coefficient (Wildman–Crippen LogP) is 2.80. The van der Waals surface area contributed by atoms with E-state index in [-0.39, 0.29) is 0 Å². The van der Waals surface area contributed by atoms with E-state index in [1.54, 1.807) is 0 Å². The largest absolute Gasteiger partial charge is 0.378 e. The second kappa shape index (κ2) is 8.20. The van der Waals surface area contributed by atoms with Gasteiger partial charge in [-0.05, 0) is 18.6 Å². The fourth-order valence-electron chi connectivity index (χ4n) is 3.15. The highest BCUT2D eigenvalue weighted by Gasteiger charge is 2.19. The minimum Gasteiger partial charge on any atom is -0.378 e. The number of aliphatic imine (C=N–C) groups is 1. The van der Waals surface area contributed by atoms with Gasteiger partial charge in [-0.15, -0.1) is 0 Å². The third-order valence-electron chi connectivity index (χ3n) is 4.46. The van der Waals surface area contributed by atoms with E-state index in [0.717, 1.165) is 57.6 Å². The molecule has 1 saturated heterocycles. The Morgan fingerprint density at radius 2 is 1.96 bits per heavy atom. The van der Waals surface area contributed by atoms with E-state index in [2.05, 4.69) is 51.3 Å². The monoisotopic (exact) mass is 316 g/mol. The van der Waals surface area contributed by atoms with Gasteiger partial charge in [0.1, 0.15) is 0 Å². The molecule has 1 fully saturated rings. The van der Waals surface area contributed by atoms with Crippen molar-refractivity contribution in [1.82, 2.24) is 4.90 Å². The first-order valence-electron chi connectivity index (χ1n) is 8.86. The van der Waals surface area contributed by atoms with E-state index < -0.39 is 0 Å². The number of para-hydroxylation sites is 2. The molecule has 5 heteroatoms. The number of unbranched alkanes of at least 4 members (excludes halogenated alkanes) is 2. The summed E-state index contributed by atoms with van der Waals surface area (Å²) in [6.07, 6.45) is 3.78. The molecular formula is C18H28N4O. The van der Waals surface area contributed by atoms with Crippen LogP contribution in [0.5, 0.6) is 0 Å². The molecule has 2 aliphatic rings. The molecule has 23 heavy (non-hydrogen) atoms. The summed E-state index contributed by atoms with van der Waals surface area (Å²) in [5.74, 6) is 1.03. The van der Waals surface area contributed by atoms with Crippen LogP contribution in [0.3, 0.4) is 0 Å². The summed E-state index contributed by atoms with van der Waals surface area (Å²) in [6.45, 7) is 8.78. The molecule has 126 valence electrons. The van der Waals surface area contributed by atoms with E-state index in [9.17, 15) is 0 Å². The molecule has 0 aliphatic carbocycles. The molecule has 5 nitrogen and oxygen atoms in total. The number of nitrogens with one attached hydrogen (secondary N) is 1. The summed E-state index contributed by atoms with van der Waals surface area (Å²) >= 11 is 0. The quantitative estimate of drug-likeness (QED) is 0.819. The second-order valence-electron chi connectivity index (χ2n) is 6.14. The molecule has 1 aromatic rings. The Hall–Kier alpha value is -1.75. The summed E-state index contributed by atoms with van der Waals surface area (Å²) in [5.41, 5.74) is 2.40. The van der Waals surface area contributed by atoms with Crippen LogP contribution in [0.1, 0.15) is 26.2 Å². The lowest BCUT2D eigenvalue weighted by atomic mass is 10.2. The van der Waals surface area contributed by atoms with Gasteiger partial charge in [0.15, 0.2) is 5.96 Å². The first-order valence-corrected chi connectivity index (χ1v) is 8.86. The van der Waals surface area contributed by atoms with Gasteiger partial charge in [-0.3, -0.25) is 4.99 Å². The predicted molar refractivity (Wildman–Crippen MR) is 96.5 cm³/mol. The van der Waals surface area contributed by atoms with Gasteiger partial charge < -0.3 is 19.9 Å². The van der Waals surface area contributed by atoms with E-state index in [1.807, 2.05) is 0 Å². The second-order valence-corrected chi connectivity index (χ2v) is 6.14. The van der Waals surface area contributed by atoms with Crippen LogP contribution < -0.4 is 10.2 Å². The summed E-state index contributed by atoms with van der Waals surface area (Å²) in [4.78, 5) is 9.44. The average molecular weight is 316 g/mol. The van der Waals surface area contributed by atoms with Gasteiger partial charge in [0, 0.05) is 26.2 Å². The Kier molecular flexibility index (Phi) is 5.75. The van der Waals surface area contributed by atoms with Crippen LogP contribution in [0.25, 0.3) is 0 Å². The zero-order valence-electron chi connectivity index (χ0n) is 14.1. The van der Waals surface area contributed by atoms with Gasteiger partial charge in [-0.1, -0.05) is 31.9 Å². The van der Waals surface area contributed by atoms with Crippen LogP contribution >= 0.6 is 0 Å².